The molecule has 15 heavy (non-hydrogen) atoms. The number of hydrogen-bond donors (Lipinski definition) is 1. The summed E-state index contributed by atoms with van der Waals surface area (Å²) in [6.45, 7) is 0. The lowest BCUT2D eigenvalue weighted by atomic mass is 10.4. The number of primary amides is 1. The summed E-state index contributed by atoms with van der Waals surface area (Å²) in [5, 5.41) is 0. The van der Waals surface area contributed by atoms with Gasteiger partial charge in [-0.2, -0.15) is 0 Å². The molecule has 6 heteroatoms. The van der Waals surface area contributed by atoms with E-state index in [-0.39, 0.29) is 11.5 Å². The minimum absolute atomic E-state index is 0.146. The van der Waals surface area contributed by atoms with Crippen molar-refractivity contribution < 1.29 is 4.79 Å². The third-order valence-corrected chi connectivity index (χ3v) is 1.67. The lowest BCUT2D eigenvalue weighted by molar-refractivity contribution is 0.0995. The highest BCUT2D eigenvalue weighted by Gasteiger charge is 2.07. The molecule has 2 heterocycles. The fraction of sp³-hybridized carbons (Fsp3) is 0. The Balaban J connectivity index is 2.46. The summed E-state index contributed by atoms with van der Waals surface area (Å²) >= 11 is 0. The van der Waals surface area contributed by atoms with Crippen LogP contribution in [0.5, 0.6) is 0 Å². The predicted octanol–water partition coefficient (Wildman–Crippen LogP) is 0.0325. The Hall–Kier alpha value is -2.37. The molecular weight excluding hydrogens is 194 g/mol. The molecule has 0 saturated heterocycles. The summed E-state index contributed by atoms with van der Waals surface area (Å²) in [5.74, 6) is 0.0436. The van der Waals surface area contributed by atoms with Crippen molar-refractivity contribution in [3.63, 3.8) is 0 Å². The number of carbonyl (C=O) groups is 1. The molecule has 0 aliphatic carbocycles. The van der Waals surface area contributed by atoms with Crippen LogP contribution in [0.15, 0.2) is 30.7 Å². The van der Waals surface area contributed by atoms with Gasteiger partial charge in [-0.3, -0.25) is 4.79 Å². The molecule has 2 N–H and O–H groups in total. The number of aromatic nitrogens is 4. The van der Waals surface area contributed by atoms with E-state index in [0.717, 1.165) is 0 Å². The van der Waals surface area contributed by atoms with E-state index < -0.39 is 5.91 Å². The van der Waals surface area contributed by atoms with Gasteiger partial charge in [-0.25, -0.2) is 19.9 Å². The second-order valence-electron chi connectivity index (χ2n) is 2.70. The fourth-order valence-electron chi connectivity index (χ4n) is 1.02. The third kappa shape index (κ3) is 1.93. The predicted molar refractivity (Wildman–Crippen MR) is 51.6 cm³/mol. The lowest BCUT2D eigenvalue weighted by Crippen LogP contribution is -2.13. The summed E-state index contributed by atoms with van der Waals surface area (Å²) in [4.78, 5) is 26.7. The lowest BCUT2D eigenvalue weighted by Gasteiger charge is -1.98. The van der Waals surface area contributed by atoms with Crippen LogP contribution in [-0.4, -0.2) is 25.8 Å². The van der Waals surface area contributed by atoms with Crippen molar-refractivity contribution >= 4 is 5.91 Å². The number of nitrogens with two attached hydrogens (primary N) is 1. The molecule has 2 rings (SSSR count). The molecule has 1 amide bonds. The fourth-order valence-corrected chi connectivity index (χ4v) is 1.02. The summed E-state index contributed by atoms with van der Waals surface area (Å²) in [5.41, 5.74) is 5.24. The Kier molecular flexibility index (Phi) is 2.32. The van der Waals surface area contributed by atoms with Gasteiger partial charge in [0.05, 0.1) is 0 Å². The van der Waals surface area contributed by atoms with Crippen LogP contribution in [0.3, 0.4) is 0 Å². The van der Waals surface area contributed by atoms with Crippen LogP contribution in [0.25, 0.3) is 11.6 Å². The van der Waals surface area contributed by atoms with E-state index in [0.29, 0.717) is 5.82 Å². The number of nitrogens with zero attached hydrogens (tertiary/aromatic N) is 4. The smallest absolute Gasteiger partial charge is 0.267 e. The minimum atomic E-state index is -0.602. The van der Waals surface area contributed by atoms with Crippen molar-refractivity contribution in [3.05, 3.63) is 36.4 Å². The minimum Gasteiger partial charge on any atom is -0.364 e. The van der Waals surface area contributed by atoms with Crippen LogP contribution >= 0.6 is 0 Å². The summed E-state index contributed by atoms with van der Waals surface area (Å²) in [7, 11) is 0. The Morgan fingerprint density at radius 1 is 1.07 bits per heavy atom. The monoisotopic (exact) mass is 201 g/mol. The summed E-state index contributed by atoms with van der Waals surface area (Å²) in [6.07, 6.45) is 4.59. The molecule has 0 spiro atoms. The van der Waals surface area contributed by atoms with Gasteiger partial charge in [-0.05, 0) is 12.1 Å². The summed E-state index contributed by atoms with van der Waals surface area (Å²) < 4.78 is 0. The molecule has 2 aromatic heterocycles. The first-order valence-electron chi connectivity index (χ1n) is 4.17. The molecule has 0 aromatic carbocycles. The van der Waals surface area contributed by atoms with Gasteiger partial charge in [-0.15, -0.1) is 0 Å². The topological polar surface area (TPSA) is 94.7 Å². The van der Waals surface area contributed by atoms with E-state index in [1.54, 1.807) is 18.5 Å². The molecule has 74 valence electrons. The van der Waals surface area contributed by atoms with Gasteiger partial charge in [0, 0.05) is 18.6 Å². The van der Waals surface area contributed by atoms with Crippen molar-refractivity contribution in [1.29, 1.82) is 0 Å². The molecule has 6 nitrogen and oxygen atoms in total. The van der Waals surface area contributed by atoms with Gasteiger partial charge < -0.3 is 5.73 Å². The molecule has 0 bridgehead atoms. The number of amides is 1. The number of rotatable bonds is 2. The Bertz CT molecular complexity index is 485. The van der Waals surface area contributed by atoms with Gasteiger partial charge in [0.1, 0.15) is 5.69 Å². The highest BCUT2D eigenvalue weighted by atomic mass is 16.1. The Labute approximate surface area is 85.2 Å². The van der Waals surface area contributed by atoms with Crippen molar-refractivity contribution in [2.45, 2.75) is 0 Å². The molecule has 0 atom stereocenters. The van der Waals surface area contributed by atoms with Crippen LogP contribution in [0.4, 0.5) is 0 Å². The standard InChI is InChI=1S/C9H7N5O/c10-7(15)6-2-5-13-9(14-6)8-11-3-1-4-12-8/h1-5H,(H2,10,15). The maximum Gasteiger partial charge on any atom is 0.267 e. The third-order valence-electron chi connectivity index (χ3n) is 1.67. The van der Waals surface area contributed by atoms with Crippen LogP contribution in [0, 0.1) is 0 Å². The van der Waals surface area contributed by atoms with Crippen molar-refractivity contribution in [1.82, 2.24) is 19.9 Å². The molecule has 0 unspecified atom stereocenters. The zero-order valence-corrected chi connectivity index (χ0v) is 7.66. The van der Waals surface area contributed by atoms with Gasteiger partial charge in [-0.1, -0.05) is 0 Å². The maximum atomic E-state index is 10.9. The molecule has 0 aliphatic heterocycles. The zero-order valence-electron chi connectivity index (χ0n) is 7.66. The van der Waals surface area contributed by atoms with E-state index in [9.17, 15) is 4.79 Å². The first-order chi connectivity index (χ1) is 7.27. The second kappa shape index (κ2) is 3.79. The molecule has 0 radical (unpaired) electrons. The molecule has 0 aliphatic rings. The van der Waals surface area contributed by atoms with Gasteiger partial charge in [0.15, 0.2) is 11.6 Å². The van der Waals surface area contributed by atoms with Crippen molar-refractivity contribution in [3.8, 4) is 11.6 Å². The highest BCUT2D eigenvalue weighted by Crippen LogP contribution is 2.06. The molecule has 0 saturated carbocycles. The van der Waals surface area contributed by atoms with E-state index in [2.05, 4.69) is 19.9 Å². The van der Waals surface area contributed by atoms with Crippen molar-refractivity contribution in [2.24, 2.45) is 5.73 Å². The Morgan fingerprint density at radius 3 is 2.40 bits per heavy atom. The van der Waals surface area contributed by atoms with E-state index in [1.807, 2.05) is 0 Å². The van der Waals surface area contributed by atoms with E-state index in [4.69, 9.17) is 5.73 Å². The quantitative estimate of drug-likeness (QED) is 0.739. The normalized spacial score (nSPS) is 9.87. The van der Waals surface area contributed by atoms with Gasteiger partial charge in [0.25, 0.3) is 5.91 Å². The van der Waals surface area contributed by atoms with E-state index in [1.165, 1.54) is 12.3 Å². The van der Waals surface area contributed by atoms with Gasteiger partial charge in [0.2, 0.25) is 0 Å². The average molecular weight is 201 g/mol. The van der Waals surface area contributed by atoms with E-state index >= 15 is 0 Å². The van der Waals surface area contributed by atoms with Crippen LogP contribution < -0.4 is 5.73 Å². The summed E-state index contributed by atoms with van der Waals surface area (Å²) in [6, 6.07) is 3.12. The number of hydrogen-bond acceptors (Lipinski definition) is 5. The SMILES string of the molecule is NC(=O)c1ccnc(-c2ncccn2)n1. The first-order valence-corrected chi connectivity index (χ1v) is 4.17. The second-order valence-corrected chi connectivity index (χ2v) is 2.70. The largest absolute Gasteiger partial charge is 0.364 e. The van der Waals surface area contributed by atoms with Crippen LogP contribution in [0.1, 0.15) is 10.5 Å². The zero-order chi connectivity index (χ0) is 10.7. The molecule has 0 fully saturated rings. The highest BCUT2D eigenvalue weighted by molar-refractivity contribution is 5.90. The van der Waals surface area contributed by atoms with Gasteiger partial charge >= 0.3 is 0 Å². The molecular formula is C9H7N5O. The average Bonchev–Trinajstić information content (AvgIpc) is 2.30. The molecule has 2 aromatic rings. The van der Waals surface area contributed by atoms with Crippen LogP contribution in [0.2, 0.25) is 0 Å². The first kappa shape index (κ1) is 9.20. The number of carbonyl (C=O) groups excluding carboxylic acids is 1. The van der Waals surface area contributed by atoms with Crippen molar-refractivity contribution in [2.75, 3.05) is 0 Å². The Morgan fingerprint density at radius 2 is 1.73 bits per heavy atom. The van der Waals surface area contributed by atoms with Crippen LogP contribution in [-0.2, 0) is 0 Å². The maximum absolute atomic E-state index is 10.9.